The molecular weight excluding hydrogens is 384 g/mol. The van der Waals surface area contributed by atoms with Gasteiger partial charge in [0.05, 0.1) is 0 Å². The van der Waals surface area contributed by atoms with E-state index in [1.807, 2.05) is 27.7 Å². The molecule has 2 atom stereocenters. The van der Waals surface area contributed by atoms with Crippen LogP contribution in [0.3, 0.4) is 0 Å². The molecule has 0 heteroatoms. The summed E-state index contributed by atoms with van der Waals surface area (Å²) in [7, 11) is 0. The van der Waals surface area contributed by atoms with E-state index in [9.17, 15) is 0 Å². The summed E-state index contributed by atoms with van der Waals surface area (Å²) in [6, 6.07) is 22.2. The van der Waals surface area contributed by atoms with Crippen LogP contribution < -0.4 is 0 Å². The Bertz CT molecular complexity index is 1120. The van der Waals surface area contributed by atoms with Crippen LogP contribution in [-0.4, -0.2) is 0 Å². The van der Waals surface area contributed by atoms with Crippen LogP contribution in [0, 0.1) is 24.7 Å². The number of fused-ring (bicyclic) bond motifs is 6. The standard InChI is InChI=1S/C28H22.2C2H6/c1-5-15-27(3)23-13-9-7-11-19(23)21-18-26-22(17-25(21)27)20-12-8-10-14-24(20)28(26,4)16-6-2;2*1-2/h1-2,7-14,17-18H,15-16H2,3-4H3;2*1-2H3. The molecule has 0 radical (unpaired) electrons. The zero-order chi connectivity index (χ0) is 23.5. The summed E-state index contributed by atoms with van der Waals surface area (Å²) in [5, 5.41) is 0. The van der Waals surface area contributed by atoms with Crippen molar-refractivity contribution in [3.8, 4) is 46.9 Å². The van der Waals surface area contributed by atoms with Crippen molar-refractivity contribution in [2.75, 3.05) is 0 Å². The van der Waals surface area contributed by atoms with E-state index >= 15 is 0 Å². The Morgan fingerprint density at radius 3 is 1.25 bits per heavy atom. The summed E-state index contributed by atoms with van der Waals surface area (Å²) in [6.07, 6.45) is 13.0. The van der Waals surface area contributed by atoms with Crippen LogP contribution in [-0.2, 0) is 10.8 Å². The lowest BCUT2D eigenvalue weighted by Crippen LogP contribution is -2.21. The van der Waals surface area contributed by atoms with E-state index < -0.39 is 0 Å². The zero-order valence-electron chi connectivity index (χ0n) is 20.3. The van der Waals surface area contributed by atoms with E-state index in [2.05, 4.69) is 86.4 Å². The highest BCUT2D eigenvalue weighted by Crippen LogP contribution is 2.57. The molecule has 0 bridgehead atoms. The quantitative estimate of drug-likeness (QED) is 0.367. The van der Waals surface area contributed by atoms with Crippen molar-refractivity contribution in [2.45, 2.75) is 65.2 Å². The largest absolute Gasteiger partial charge is 0.120 e. The van der Waals surface area contributed by atoms with Gasteiger partial charge in [-0.15, -0.1) is 24.7 Å². The Morgan fingerprint density at radius 2 is 0.906 bits per heavy atom. The molecule has 0 amide bonds. The second-order valence-electron chi connectivity index (χ2n) is 8.46. The van der Waals surface area contributed by atoms with Crippen molar-refractivity contribution in [2.24, 2.45) is 0 Å². The van der Waals surface area contributed by atoms with Gasteiger partial charge in [-0.1, -0.05) is 90.1 Å². The van der Waals surface area contributed by atoms with Gasteiger partial charge >= 0.3 is 0 Å². The SMILES string of the molecule is C#CCC1(C)c2ccccc2-c2cc3c(cc21)-c1ccccc1C3(C)CC#C.CC.CC. The van der Waals surface area contributed by atoms with Gasteiger partial charge in [0.2, 0.25) is 0 Å². The Hall–Kier alpha value is -3.22. The maximum Gasteiger partial charge on any atom is 0.0296 e. The van der Waals surface area contributed by atoms with Gasteiger partial charge in [-0.3, -0.25) is 0 Å². The van der Waals surface area contributed by atoms with Crippen molar-refractivity contribution in [1.29, 1.82) is 0 Å². The monoisotopic (exact) mass is 418 g/mol. The predicted octanol–water partition coefficient (Wildman–Crippen LogP) is 8.36. The Labute approximate surface area is 195 Å². The van der Waals surface area contributed by atoms with Crippen LogP contribution in [0.4, 0.5) is 0 Å². The lowest BCUT2D eigenvalue weighted by molar-refractivity contribution is 0.600. The molecule has 2 aliphatic rings. The first-order valence-electron chi connectivity index (χ1n) is 11.8. The number of benzene rings is 3. The number of hydrogen-bond donors (Lipinski definition) is 0. The molecular formula is C32H34. The molecule has 0 nitrogen and oxygen atoms in total. The van der Waals surface area contributed by atoms with Crippen LogP contribution >= 0.6 is 0 Å². The van der Waals surface area contributed by atoms with Crippen LogP contribution in [0.25, 0.3) is 22.3 Å². The molecule has 5 rings (SSSR count). The van der Waals surface area contributed by atoms with Crippen molar-refractivity contribution < 1.29 is 0 Å². The van der Waals surface area contributed by atoms with Gasteiger partial charge in [-0.05, 0) is 56.6 Å². The number of terminal acetylenes is 2. The maximum atomic E-state index is 5.81. The Balaban J connectivity index is 0.000000686. The van der Waals surface area contributed by atoms with E-state index in [1.54, 1.807) is 0 Å². The van der Waals surface area contributed by atoms with Gasteiger partial charge in [0.1, 0.15) is 0 Å². The molecule has 2 aliphatic carbocycles. The first kappa shape index (κ1) is 23.4. The lowest BCUT2D eigenvalue weighted by Gasteiger charge is -2.27. The molecule has 0 aromatic heterocycles. The summed E-state index contributed by atoms with van der Waals surface area (Å²) < 4.78 is 0. The average molecular weight is 419 g/mol. The summed E-state index contributed by atoms with van der Waals surface area (Å²) in [5.41, 5.74) is 10.2. The highest BCUT2D eigenvalue weighted by Gasteiger charge is 2.44. The number of hydrogen-bond acceptors (Lipinski definition) is 0. The average Bonchev–Trinajstić information content (AvgIpc) is 3.23. The van der Waals surface area contributed by atoms with Crippen LogP contribution in [0.1, 0.15) is 76.6 Å². The van der Waals surface area contributed by atoms with Gasteiger partial charge in [0.25, 0.3) is 0 Å². The molecule has 0 N–H and O–H groups in total. The molecule has 0 spiro atoms. The molecule has 0 heterocycles. The molecule has 2 unspecified atom stereocenters. The molecule has 3 aromatic carbocycles. The van der Waals surface area contributed by atoms with E-state index in [4.69, 9.17) is 12.8 Å². The third-order valence-corrected chi connectivity index (χ3v) is 6.88. The lowest BCUT2D eigenvalue weighted by atomic mass is 9.75. The minimum absolute atomic E-state index is 0.157. The molecule has 0 saturated carbocycles. The third kappa shape index (κ3) is 3.18. The summed E-state index contributed by atoms with van der Waals surface area (Å²) in [5.74, 6) is 5.86. The van der Waals surface area contributed by atoms with Gasteiger partial charge in [0, 0.05) is 23.7 Å². The predicted molar refractivity (Wildman–Crippen MR) is 140 cm³/mol. The first-order valence-corrected chi connectivity index (χ1v) is 11.8. The second-order valence-corrected chi connectivity index (χ2v) is 8.46. The molecule has 0 aliphatic heterocycles. The summed E-state index contributed by atoms with van der Waals surface area (Å²) >= 11 is 0. The van der Waals surface area contributed by atoms with Crippen molar-refractivity contribution in [1.82, 2.24) is 0 Å². The van der Waals surface area contributed by atoms with Crippen molar-refractivity contribution >= 4 is 0 Å². The van der Waals surface area contributed by atoms with E-state index in [0.717, 1.165) is 0 Å². The Morgan fingerprint density at radius 1 is 0.562 bits per heavy atom. The molecule has 0 saturated heterocycles. The van der Waals surface area contributed by atoms with Gasteiger partial charge < -0.3 is 0 Å². The fourth-order valence-electron chi connectivity index (χ4n) is 5.44. The van der Waals surface area contributed by atoms with Gasteiger partial charge in [0.15, 0.2) is 0 Å². The normalized spacial score (nSPS) is 20.6. The summed E-state index contributed by atoms with van der Waals surface area (Å²) in [4.78, 5) is 0. The smallest absolute Gasteiger partial charge is 0.0296 e. The zero-order valence-corrected chi connectivity index (χ0v) is 20.3. The fourth-order valence-corrected chi connectivity index (χ4v) is 5.44. The van der Waals surface area contributed by atoms with E-state index in [-0.39, 0.29) is 10.8 Å². The highest BCUT2D eigenvalue weighted by molar-refractivity contribution is 5.89. The third-order valence-electron chi connectivity index (χ3n) is 6.88. The maximum absolute atomic E-state index is 5.81. The molecule has 0 fully saturated rings. The number of rotatable bonds is 2. The van der Waals surface area contributed by atoms with Crippen molar-refractivity contribution in [3.05, 3.63) is 82.9 Å². The molecule has 162 valence electrons. The first-order chi connectivity index (χ1) is 15.5. The topological polar surface area (TPSA) is 0 Å². The fraction of sp³-hybridized carbons (Fsp3) is 0.312. The van der Waals surface area contributed by atoms with Crippen LogP contribution in [0.15, 0.2) is 60.7 Å². The highest BCUT2D eigenvalue weighted by atomic mass is 14.5. The van der Waals surface area contributed by atoms with Gasteiger partial charge in [-0.2, -0.15) is 0 Å². The van der Waals surface area contributed by atoms with Crippen LogP contribution in [0.2, 0.25) is 0 Å². The van der Waals surface area contributed by atoms with E-state index in [1.165, 1.54) is 44.5 Å². The second kappa shape index (κ2) is 9.10. The molecule has 32 heavy (non-hydrogen) atoms. The van der Waals surface area contributed by atoms with E-state index in [0.29, 0.717) is 12.8 Å². The minimum Gasteiger partial charge on any atom is -0.120 e. The molecule has 3 aromatic rings. The summed E-state index contributed by atoms with van der Waals surface area (Å²) in [6.45, 7) is 12.6. The van der Waals surface area contributed by atoms with Crippen molar-refractivity contribution in [3.63, 3.8) is 0 Å². The van der Waals surface area contributed by atoms with Crippen LogP contribution in [0.5, 0.6) is 0 Å². The minimum atomic E-state index is -0.157. The Kier molecular flexibility index (Phi) is 6.67. The van der Waals surface area contributed by atoms with Gasteiger partial charge in [-0.25, -0.2) is 0 Å².